The highest BCUT2D eigenvalue weighted by Gasteiger charge is 2.54. The van der Waals surface area contributed by atoms with Crippen LogP contribution in [0, 0.1) is 0 Å². The molecule has 3 rings (SSSR count). The fraction of sp³-hybridized carbons (Fsp3) is 0.312. The number of thioether (sulfide) groups is 1. The van der Waals surface area contributed by atoms with Crippen LogP contribution in [0.1, 0.15) is 5.56 Å². The molecule has 2 atom stereocenters. The molecule has 2 aliphatic heterocycles. The van der Waals surface area contributed by atoms with Gasteiger partial charge in [0.2, 0.25) is 5.91 Å². The lowest BCUT2D eigenvalue weighted by atomic mass is 10.0. The average molecular weight is 350 g/mol. The number of carbonyl (C=O) groups excluding carboxylic acids is 2. The molecule has 1 saturated heterocycles. The minimum absolute atomic E-state index is 0.0890. The van der Waals surface area contributed by atoms with Gasteiger partial charge >= 0.3 is 5.97 Å². The second-order valence-corrected chi connectivity index (χ2v) is 6.61. The maximum atomic E-state index is 12.9. The number of β-lactam (4-membered cyclic amide) rings is 1. The summed E-state index contributed by atoms with van der Waals surface area (Å²) in [4.78, 5) is 36.7. The minimum atomic E-state index is -1.32. The summed E-state index contributed by atoms with van der Waals surface area (Å²) in [7, 11) is 0. The van der Waals surface area contributed by atoms with Gasteiger partial charge in [-0.3, -0.25) is 14.5 Å². The van der Waals surface area contributed by atoms with Crippen LogP contribution in [0.4, 0.5) is 4.39 Å². The van der Waals surface area contributed by atoms with E-state index in [4.69, 9.17) is 0 Å². The number of carbonyl (C=O) groups is 3. The van der Waals surface area contributed by atoms with E-state index in [2.05, 4.69) is 5.32 Å². The molecule has 6 nitrogen and oxygen atoms in total. The van der Waals surface area contributed by atoms with Crippen molar-refractivity contribution in [1.82, 2.24) is 10.2 Å². The highest BCUT2D eigenvalue weighted by atomic mass is 32.2. The Morgan fingerprint density at radius 1 is 1.33 bits per heavy atom. The molecule has 24 heavy (non-hydrogen) atoms. The van der Waals surface area contributed by atoms with Gasteiger partial charge in [0.05, 0.1) is 6.42 Å². The molecule has 0 bridgehead atoms. The van der Waals surface area contributed by atoms with Gasteiger partial charge in [-0.25, -0.2) is 9.18 Å². The van der Waals surface area contributed by atoms with Gasteiger partial charge in [0, 0.05) is 11.3 Å². The van der Waals surface area contributed by atoms with Crippen molar-refractivity contribution in [2.24, 2.45) is 0 Å². The Balaban J connectivity index is 1.69. The van der Waals surface area contributed by atoms with E-state index >= 15 is 0 Å². The van der Waals surface area contributed by atoms with Crippen LogP contribution in [0.2, 0.25) is 0 Å². The summed E-state index contributed by atoms with van der Waals surface area (Å²) in [5.74, 6) is -1.96. The summed E-state index contributed by atoms with van der Waals surface area (Å²) in [6.45, 7) is -0.907. The topological polar surface area (TPSA) is 86.7 Å². The van der Waals surface area contributed by atoms with E-state index in [1.807, 2.05) is 30.3 Å². The fourth-order valence-corrected chi connectivity index (χ4v) is 4.11. The number of hydrogen-bond acceptors (Lipinski definition) is 4. The van der Waals surface area contributed by atoms with Gasteiger partial charge in [-0.15, -0.1) is 11.8 Å². The largest absolute Gasteiger partial charge is 0.477 e. The van der Waals surface area contributed by atoms with E-state index in [1.54, 1.807) is 0 Å². The van der Waals surface area contributed by atoms with Crippen LogP contribution in [-0.4, -0.2) is 51.6 Å². The SMILES string of the molecule is O=C(Cc1ccccc1)N[C@@H]1C(=O)N2C(C(=O)O)=C(CF)CS[C@H]12. The summed E-state index contributed by atoms with van der Waals surface area (Å²) >= 11 is 1.26. The molecule has 0 radical (unpaired) electrons. The van der Waals surface area contributed by atoms with Gasteiger partial charge in [0.25, 0.3) is 5.91 Å². The molecule has 0 unspecified atom stereocenters. The molecule has 0 saturated carbocycles. The molecule has 8 heteroatoms. The monoisotopic (exact) mass is 350 g/mol. The number of aliphatic carboxylic acids is 1. The third-order valence-electron chi connectivity index (χ3n) is 3.94. The first-order chi connectivity index (χ1) is 11.5. The van der Waals surface area contributed by atoms with Gasteiger partial charge < -0.3 is 10.4 Å². The Labute approximate surface area is 141 Å². The second-order valence-electron chi connectivity index (χ2n) is 5.51. The highest BCUT2D eigenvalue weighted by molar-refractivity contribution is 8.00. The van der Waals surface area contributed by atoms with Crippen LogP contribution in [0.25, 0.3) is 0 Å². The lowest BCUT2D eigenvalue weighted by molar-refractivity contribution is -0.150. The van der Waals surface area contributed by atoms with Crippen LogP contribution in [0.5, 0.6) is 0 Å². The number of nitrogens with zero attached hydrogens (tertiary/aromatic N) is 1. The number of rotatable bonds is 5. The van der Waals surface area contributed by atoms with E-state index in [0.717, 1.165) is 10.5 Å². The highest BCUT2D eigenvalue weighted by Crippen LogP contribution is 2.40. The maximum Gasteiger partial charge on any atom is 0.352 e. The zero-order chi connectivity index (χ0) is 17.3. The standard InChI is InChI=1S/C16H15FN2O4S/c17-7-10-8-24-15-12(14(21)19(15)13(10)16(22)23)18-11(20)6-9-4-2-1-3-5-9/h1-5,12,15H,6-8H2,(H,18,20)(H,22,23)/t12-,15-/m1/s1. The first-order valence-electron chi connectivity index (χ1n) is 7.32. The number of fused-ring (bicyclic) bond motifs is 1. The van der Waals surface area contributed by atoms with E-state index in [0.29, 0.717) is 0 Å². The molecule has 1 aromatic carbocycles. The first kappa shape index (κ1) is 16.5. The van der Waals surface area contributed by atoms with Gasteiger partial charge in [-0.2, -0.15) is 0 Å². The number of alkyl halides is 1. The number of nitrogens with one attached hydrogen (secondary N) is 1. The Hall–Kier alpha value is -2.35. The Morgan fingerprint density at radius 3 is 2.67 bits per heavy atom. The number of benzene rings is 1. The molecule has 2 aliphatic rings. The van der Waals surface area contributed by atoms with Crippen molar-refractivity contribution in [3.8, 4) is 0 Å². The van der Waals surface area contributed by atoms with Crippen molar-refractivity contribution < 1.29 is 23.9 Å². The zero-order valence-electron chi connectivity index (χ0n) is 12.6. The number of amides is 2. The van der Waals surface area contributed by atoms with Crippen molar-refractivity contribution in [3.63, 3.8) is 0 Å². The Kier molecular flexibility index (Phi) is 4.57. The predicted octanol–water partition coefficient (Wildman–Crippen LogP) is 0.937. The molecule has 126 valence electrons. The van der Waals surface area contributed by atoms with Crippen molar-refractivity contribution in [2.75, 3.05) is 12.4 Å². The van der Waals surface area contributed by atoms with Crippen LogP contribution >= 0.6 is 11.8 Å². The minimum Gasteiger partial charge on any atom is -0.477 e. The quantitative estimate of drug-likeness (QED) is 0.772. The molecule has 0 spiro atoms. The van der Waals surface area contributed by atoms with Crippen LogP contribution in [-0.2, 0) is 20.8 Å². The van der Waals surface area contributed by atoms with Crippen molar-refractivity contribution in [1.29, 1.82) is 0 Å². The summed E-state index contributed by atoms with van der Waals surface area (Å²) in [5, 5.41) is 11.4. The molecule has 1 aromatic rings. The number of carboxylic acids is 1. The summed E-state index contributed by atoms with van der Waals surface area (Å²) in [6.07, 6.45) is 0.138. The van der Waals surface area contributed by atoms with Crippen LogP contribution in [0.15, 0.2) is 41.6 Å². The number of carboxylic acid groups (broad SMARTS) is 1. The van der Waals surface area contributed by atoms with Crippen molar-refractivity contribution in [3.05, 3.63) is 47.2 Å². The molecule has 2 N–H and O–H groups in total. The Morgan fingerprint density at radius 2 is 2.04 bits per heavy atom. The molecule has 2 heterocycles. The van der Waals surface area contributed by atoms with E-state index < -0.39 is 30.0 Å². The van der Waals surface area contributed by atoms with Crippen LogP contribution in [0.3, 0.4) is 0 Å². The maximum absolute atomic E-state index is 12.9. The third kappa shape index (κ3) is 2.89. The van der Waals surface area contributed by atoms with Gasteiger partial charge in [0.15, 0.2) is 0 Å². The molecular formula is C16H15FN2O4S. The lowest BCUT2D eigenvalue weighted by Gasteiger charge is -2.49. The summed E-state index contributed by atoms with van der Waals surface area (Å²) < 4.78 is 12.9. The predicted molar refractivity (Wildman–Crippen MR) is 85.8 cm³/mol. The van der Waals surface area contributed by atoms with Gasteiger partial charge in [-0.05, 0) is 5.56 Å². The van der Waals surface area contributed by atoms with Crippen molar-refractivity contribution >= 4 is 29.5 Å². The summed E-state index contributed by atoms with van der Waals surface area (Å²) in [5.41, 5.74) is 0.617. The molecule has 0 aromatic heterocycles. The van der Waals surface area contributed by atoms with E-state index in [-0.39, 0.29) is 29.4 Å². The van der Waals surface area contributed by atoms with Gasteiger partial charge in [-0.1, -0.05) is 30.3 Å². The number of hydrogen-bond donors (Lipinski definition) is 2. The van der Waals surface area contributed by atoms with Crippen molar-refractivity contribution in [2.45, 2.75) is 17.8 Å². The molecular weight excluding hydrogens is 335 g/mol. The molecule has 1 fully saturated rings. The second kappa shape index (κ2) is 6.64. The van der Waals surface area contributed by atoms with Crippen LogP contribution < -0.4 is 5.32 Å². The van der Waals surface area contributed by atoms with E-state index in [9.17, 15) is 23.9 Å². The number of halogens is 1. The first-order valence-corrected chi connectivity index (χ1v) is 8.37. The fourth-order valence-electron chi connectivity index (χ4n) is 2.79. The third-order valence-corrected chi connectivity index (χ3v) is 5.27. The molecule has 2 amide bonds. The Bertz CT molecular complexity index is 722. The summed E-state index contributed by atoms with van der Waals surface area (Å²) in [6, 6.07) is 8.32. The lowest BCUT2D eigenvalue weighted by Crippen LogP contribution is -2.70. The normalized spacial score (nSPS) is 22.7. The average Bonchev–Trinajstić information content (AvgIpc) is 2.58. The van der Waals surface area contributed by atoms with Gasteiger partial charge in [0.1, 0.15) is 23.8 Å². The molecule has 0 aliphatic carbocycles. The zero-order valence-corrected chi connectivity index (χ0v) is 13.4. The smallest absolute Gasteiger partial charge is 0.352 e. The van der Waals surface area contributed by atoms with E-state index in [1.165, 1.54) is 11.8 Å².